The molecule has 0 radical (unpaired) electrons. The van der Waals surface area contributed by atoms with Crippen molar-refractivity contribution in [3.63, 3.8) is 0 Å². The zero-order valence-corrected chi connectivity index (χ0v) is 9.55. The van der Waals surface area contributed by atoms with Crippen LogP contribution in [0.3, 0.4) is 0 Å². The largest absolute Gasteiger partial charge is 0.465 e. The molecule has 0 atom stereocenters. The van der Waals surface area contributed by atoms with Crippen molar-refractivity contribution in [3.8, 4) is 0 Å². The number of carbonyl (C=O) groups is 1. The number of thiophene rings is 1. The molecule has 0 N–H and O–H groups in total. The number of ether oxygens (including phenoxy) is 1. The highest BCUT2D eigenvalue weighted by atomic mass is 79.9. The highest BCUT2D eigenvalue weighted by Crippen LogP contribution is 2.31. The van der Waals surface area contributed by atoms with Crippen molar-refractivity contribution in [2.45, 2.75) is 0 Å². The van der Waals surface area contributed by atoms with Gasteiger partial charge in [-0.2, -0.15) is 0 Å². The van der Waals surface area contributed by atoms with Crippen LogP contribution in [0, 0.1) is 0 Å². The molecule has 0 fully saturated rings. The van der Waals surface area contributed by atoms with Gasteiger partial charge in [-0.3, -0.25) is 0 Å². The molecule has 11 heavy (non-hydrogen) atoms. The van der Waals surface area contributed by atoms with Gasteiger partial charge in [-0.05, 0) is 37.9 Å². The van der Waals surface area contributed by atoms with Gasteiger partial charge in [0, 0.05) is 0 Å². The SMILES string of the molecule is COC(=O)c1cc(Br)sc1Br. The van der Waals surface area contributed by atoms with E-state index in [1.165, 1.54) is 18.4 Å². The second-order valence-corrected chi connectivity index (χ2v) is 5.48. The molecule has 1 aromatic heterocycles. The summed E-state index contributed by atoms with van der Waals surface area (Å²) < 4.78 is 6.24. The van der Waals surface area contributed by atoms with E-state index in [4.69, 9.17) is 0 Å². The molecule has 5 heteroatoms. The van der Waals surface area contributed by atoms with Crippen LogP contribution in [0.5, 0.6) is 0 Å². The number of methoxy groups -OCH3 is 1. The van der Waals surface area contributed by atoms with Crippen LogP contribution in [0.2, 0.25) is 0 Å². The molecule has 1 heterocycles. The number of carbonyl (C=O) groups excluding carboxylic acids is 1. The van der Waals surface area contributed by atoms with Crippen molar-refractivity contribution < 1.29 is 9.53 Å². The first-order chi connectivity index (χ1) is 5.15. The van der Waals surface area contributed by atoms with Crippen molar-refractivity contribution in [3.05, 3.63) is 19.2 Å². The maximum Gasteiger partial charge on any atom is 0.339 e. The summed E-state index contributed by atoms with van der Waals surface area (Å²) in [6.07, 6.45) is 0. The van der Waals surface area contributed by atoms with Crippen molar-refractivity contribution in [2.24, 2.45) is 0 Å². The molecule has 0 aliphatic rings. The Morgan fingerprint density at radius 1 is 1.64 bits per heavy atom. The molecule has 0 spiro atoms. The summed E-state index contributed by atoms with van der Waals surface area (Å²) in [6, 6.07) is 1.72. The normalized spacial score (nSPS) is 9.73. The lowest BCUT2D eigenvalue weighted by Gasteiger charge is -1.93. The minimum atomic E-state index is -0.321. The van der Waals surface area contributed by atoms with Crippen LogP contribution in [-0.2, 0) is 4.74 Å². The van der Waals surface area contributed by atoms with E-state index in [9.17, 15) is 4.79 Å². The van der Waals surface area contributed by atoms with E-state index >= 15 is 0 Å². The highest BCUT2D eigenvalue weighted by Gasteiger charge is 2.12. The maximum absolute atomic E-state index is 11.0. The number of halogens is 2. The quantitative estimate of drug-likeness (QED) is 0.745. The minimum absolute atomic E-state index is 0.321. The lowest BCUT2D eigenvalue weighted by atomic mass is 10.3. The average molecular weight is 300 g/mol. The van der Waals surface area contributed by atoms with E-state index in [0.717, 1.165) is 7.57 Å². The van der Waals surface area contributed by atoms with Crippen molar-refractivity contribution in [1.82, 2.24) is 0 Å². The predicted molar refractivity (Wildman–Crippen MR) is 51.1 cm³/mol. The fraction of sp³-hybridized carbons (Fsp3) is 0.167. The molecule has 0 saturated carbocycles. The van der Waals surface area contributed by atoms with Gasteiger partial charge < -0.3 is 4.74 Å². The molecule has 2 nitrogen and oxygen atoms in total. The van der Waals surface area contributed by atoms with Crippen LogP contribution in [0.4, 0.5) is 0 Å². The molecule has 0 aliphatic carbocycles. The molecular weight excluding hydrogens is 296 g/mol. The summed E-state index contributed by atoms with van der Waals surface area (Å²) in [5, 5.41) is 0. The lowest BCUT2D eigenvalue weighted by Crippen LogP contribution is -1.99. The Labute approximate surface area is 84.8 Å². The summed E-state index contributed by atoms with van der Waals surface area (Å²) in [4.78, 5) is 11.0. The van der Waals surface area contributed by atoms with Crippen molar-refractivity contribution in [2.75, 3.05) is 7.11 Å². The average Bonchev–Trinajstić information content (AvgIpc) is 2.28. The van der Waals surface area contributed by atoms with Gasteiger partial charge in [-0.1, -0.05) is 0 Å². The van der Waals surface area contributed by atoms with Crippen LogP contribution in [0.25, 0.3) is 0 Å². The molecule has 0 bridgehead atoms. The molecule has 1 rings (SSSR count). The van der Waals surface area contributed by atoms with Crippen LogP contribution in [-0.4, -0.2) is 13.1 Å². The third kappa shape index (κ3) is 2.04. The van der Waals surface area contributed by atoms with Crippen molar-refractivity contribution >= 4 is 49.2 Å². The van der Waals surface area contributed by atoms with Gasteiger partial charge in [0.05, 0.1) is 20.2 Å². The molecule has 0 aliphatic heterocycles. The first-order valence-corrected chi connectivity index (χ1v) is 5.08. The van der Waals surface area contributed by atoms with Crippen LogP contribution < -0.4 is 0 Å². The maximum atomic E-state index is 11.0. The molecule has 0 amide bonds. The number of hydrogen-bond donors (Lipinski definition) is 0. The lowest BCUT2D eigenvalue weighted by molar-refractivity contribution is 0.0600. The zero-order chi connectivity index (χ0) is 8.43. The zero-order valence-electron chi connectivity index (χ0n) is 5.56. The van der Waals surface area contributed by atoms with E-state index < -0.39 is 0 Å². The Kier molecular flexibility index (Phi) is 3.09. The third-order valence-corrected chi connectivity index (χ3v) is 3.40. The van der Waals surface area contributed by atoms with Gasteiger partial charge in [0.25, 0.3) is 0 Å². The summed E-state index contributed by atoms with van der Waals surface area (Å²) in [7, 11) is 1.36. The van der Waals surface area contributed by atoms with Gasteiger partial charge in [0.1, 0.15) is 0 Å². The second-order valence-electron chi connectivity index (χ2n) is 1.73. The Morgan fingerprint density at radius 2 is 2.27 bits per heavy atom. The van der Waals surface area contributed by atoms with E-state index in [2.05, 4.69) is 36.6 Å². The molecular formula is C6H4Br2O2S. The van der Waals surface area contributed by atoms with Gasteiger partial charge in [-0.15, -0.1) is 11.3 Å². The van der Waals surface area contributed by atoms with Gasteiger partial charge >= 0.3 is 5.97 Å². The molecule has 0 aromatic carbocycles. The standard InChI is InChI=1S/C6H4Br2O2S/c1-10-6(9)3-2-4(7)11-5(3)8/h2H,1H3. The molecule has 0 saturated heterocycles. The minimum Gasteiger partial charge on any atom is -0.465 e. The Morgan fingerprint density at radius 3 is 2.64 bits per heavy atom. The molecule has 1 aromatic rings. The van der Waals surface area contributed by atoms with Crippen LogP contribution >= 0.6 is 43.2 Å². The Balaban J connectivity index is 3.03. The van der Waals surface area contributed by atoms with Gasteiger partial charge in [0.2, 0.25) is 0 Å². The monoisotopic (exact) mass is 298 g/mol. The number of rotatable bonds is 1. The van der Waals surface area contributed by atoms with E-state index in [1.807, 2.05) is 0 Å². The summed E-state index contributed by atoms with van der Waals surface area (Å²) in [5.74, 6) is -0.321. The van der Waals surface area contributed by atoms with Crippen LogP contribution in [0.15, 0.2) is 13.6 Å². The summed E-state index contributed by atoms with van der Waals surface area (Å²) >= 11 is 7.95. The predicted octanol–water partition coefficient (Wildman–Crippen LogP) is 3.06. The number of hydrogen-bond acceptors (Lipinski definition) is 3. The molecule has 0 unspecified atom stereocenters. The van der Waals surface area contributed by atoms with E-state index in [-0.39, 0.29) is 5.97 Å². The summed E-state index contributed by atoms with van der Waals surface area (Å²) in [5.41, 5.74) is 0.560. The first kappa shape index (κ1) is 9.22. The highest BCUT2D eigenvalue weighted by molar-refractivity contribution is 9.12. The second kappa shape index (κ2) is 3.69. The van der Waals surface area contributed by atoms with E-state index in [1.54, 1.807) is 6.07 Å². The van der Waals surface area contributed by atoms with Gasteiger partial charge in [-0.25, -0.2) is 4.79 Å². The topological polar surface area (TPSA) is 26.3 Å². The Hall–Kier alpha value is 0.130. The van der Waals surface area contributed by atoms with E-state index in [0.29, 0.717) is 5.56 Å². The van der Waals surface area contributed by atoms with Crippen molar-refractivity contribution in [1.29, 1.82) is 0 Å². The number of esters is 1. The van der Waals surface area contributed by atoms with Gasteiger partial charge in [0.15, 0.2) is 0 Å². The summed E-state index contributed by atoms with van der Waals surface area (Å²) in [6.45, 7) is 0. The first-order valence-electron chi connectivity index (χ1n) is 2.68. The Bertz CT molecular complexity index is 282. The fourth-order valence-electron chi connectivity index (χ4n) is 0.589. The van der Waals surface area contributed by atoms with Crippen LogP contribution in [0.1, 0.15) is 10.4 Å². The fourth-order valence-corrected chi connectivity index (χ4v) is 3.36. The molecule has 60 valence electrons. The smallest absolute Gasteiger partial charge is 0.339 e. The third-order valence-electron chi connectivity index (χ3n) is 1.06.